The van der Waals surface area contributed by atoms with Crippen molar-refractivity contribution in [2.24, 2.45) is 5.73 Å². The van der Waals surface area contributed by atoms with Crippen LogP contribution in [0.25, 0.3) is 0 Å². The van der Waals surface area contributed by atoms with Crippen molar-refractivity contribution in [1.82, 2.24) is 0 Å². The molecule has 2 unspecified atom stereocenters. The van der Waals surface area contributed by atoms with Gasteiger partial charge in [-0.3, -0.25) is 4.21 Å². The number of hydrogen-bond donors (Lipinski definition) is 1. The summed E-state index contributed by atoms with van der Waals surface area (Å²) in [6.45, 7) is 0.235. The molecule has 0 amide bonds. The summed E-state index contributed by atoms with van der Waals surface area (Å²) in [5.74, 6) is 1.78. The van der Waals surface area contributed by atoms with Crippen LogP contribution >= 0.6 is 15.9 Å². The van der Waals surface area contributed by atoms with E-state index in [0.717, 1.165) is 20.7 Å². The number of halogens is 1. The molecule has 0 radical (unpaired) electrons. The lowest BCUT2D eigenvalue weighted by atomic mass is 10.1. The van der Waals surface area contributed by atoms with E-state index in [4.69, 9.17) is 15.2 Å². The summed E-state index contributed by atoms with van der Waals surface area (Å²) in [6.07, 6.45) is 0. The van der Waals surface area contributed by atoms with Crippen LogP contribution in [-0.4, -0.2) is 16.8 Å². The lowest BCUT2D eigenvalue weighted by molar-refractivity contribution is 0.174. The van der Waals surface area contributed by atoms with Crippen LogP contribution in [0.15, 0.2) is 51.8 Å². The largest absolute Gasteiger partial charge is 0.454 e. The lowest BCUT2D eigenvalue weighted by Crippen LogP contribution is -2.18. The zero-order valence-electron chi connectivity index (χ0n) is 11.1. The first-order valence-electron chi connectivity index (χ1n) is 6.42. The Morgan fingerprint density at radius 2 is 1.86 bits per heavy atom. The topological polar surface area (TPSA) is 61.6 Å². The lowest BCUT2D eigenvalue weighted by Gasteiger charge is -2.12. The Hall–Kier alpha value is -1.37. The minimum absolute atomic E-state index is 0.235. The molecule has 0 bridgehead atoms. The maximum Gasteiger partial charge on any atom is 0.231 e. The predicted octanol–water partition coefficient (Wildman–Crippen LogP) is 2.99. The fourth-order valence-corrected chi connectivity index (χ4v) is 3.50. The van der Waals surface area contributed by atoms with Crippen molar-refractivity contribution in [3.8, 4) is 11.5 Å². The molecule has 1 aliphatic rings. The second-order valence-electron chi connectivity index (χ2n) is 4.69. The van der Waals surface area contributed by atoms with Crippen molar-refractivity contribution in [1.29, 1.82) is 0 Å². The molecule has 0 fully saturated rings. The van der Waals surface area contributed by atoms with Gasteiger partial charge in [-0.2, -0.15) is 0 Å². The number of ether oxygens (including phenoxy) is 2. The third-order valence-corrected chi connectivity index (χ3v) is 5.22. The molecule has 4 nitrogen and oxygen atoms in total. The molecule has 0 aliphatic carbocycles. The molecule has 0 aromatic heterocycles. The maximum absolute atomic E-state index is 12.3. The molecule has 0 saturated carbocycles. The highest BCUT2D eigenvalue weighted by Gasteiger charge is 2.17. The molecule has 6 heteroatoms. The SMILES string of the molecule is NC(CS(=O)c1ccc(Br)cc1)c1ccc2c(c1)OCO2. The van der Waals surface area contributed by atoms with Gasteiger partial charge < -0.3 is 15.2 Å². The molecule has 2 aromatic carbocycles. The number of benzene rings is 2. The van der Waals surface area contributed by atoms with E-state index in [1.54, 1.807) is 0 Å². The van der Waals surface area contributed by atoms with Gasteiger partial charge in [0.15, 0.2) is 11.5 Å². The van der Waals surface area contributed by atoms with Crippen LogP contribution in [0, 0.1) is 0 Å². The Labute approximate surface area is 133 Å². The average molecular weight is 368 g/mol. The standard InChI is InChI=1S/C15H14BrNO3S/c16-11-2-4-12(5-3-11)21(18)8-13(17)10-1-6-14-15(7-10)20-9-19-14/h1-7,13H,8-9,17H2. The number of hydrogen-bond acceptors (Lipinski definition) is 4. The third kappa shape index (κ3) is 3.28. The van der Waals surface area contributed by atoms with Gasteiger partial charge in [0.05, 0.1) is 10.8 Å². The van der Waals surface area contributed by atoms with E-state index >= 15 is 0 Å². The van der Waals surface area contributed by atoms with Crippen LogP contribution in [0.3, 0.4) is 0 Å². The van der Waals surface area contributed by atoms with Crippen molar-refractivity contribution in [2.75, 3.05) is 12.5 Å². The molecule has 2 atom stereocenters. The zero-order chi connectivity index (χ0) is 14.8. The second-order valence-corrected chi connectivity index (χ2v) is 7.10. The van der Waals surface area contributed by atoms with E-state index in [-0.39, 0.29) is 12.8 Å². The monoisotopic (exact) mass is 367 g/mol. The summed E-state index contributed by atoms with van der Waals surface area (Å²) in [7, 11) is -1.14. The summed E-state index contributed by atoms with van der Waals surface area (Å²) in [6, 6.07) is 12.7. The first-order valence-corrected chi connectivity index (χ1v) is 8.54. The van der Waals surface area contributed by atoms with Crippen LogP contribution in [0.4, 0.5) is 0 Å². The molecular formula is C15H14BrNO3S. The van der Waals surface area contributed by atoms with Crippen molar-refractivity contribution < 1.29 is 13.7 Å². The first kappa shape index (κ1) is 14.6. The van der Waals surface area contributed by atoms with E-state index in [2.05, 4.69) is 15.9 Å². The van der Waals surface area contributed by atoms with Gasteiger partial charge >= 0.3 is 0 Å². The van der Waals surface area contributed by atoms with Gasteiger partial charge in [-0.15, -0.1) is 0 Å². The zero-order valence-corrected chi connectivity index (χ0v) is 13.5. The molecule has 3 rings (SSSR count). The molecule has 21 heavy (non-hydrogen) atoms. The number of rotatable bonds is 4. The summed E-state index contributed by atoms with van der Waals surface area (Å²) in [5.41, 5.74) is 7.05. The summed E-state index contributed by atoms with van der Waals surface area (Å²) < 4.78 is 23.9. The Morgan fingerprint density at radius 3 is 2.62 bits per heavy atom. The van der Waals surface area contributed by atoms with Crippen LogP contribution in [-0.2, 0) is 10.8 Å². The summed E-state index contributed by atoms with van der Waals surface area (Å²) in [4.78, 5) is 0.773. The minimum Gasteiger partial charge on any atom is -0.454 e. The van der Waals surface area contributed by atoms with E-state index in [1.165, 1.54) is 0 Å². The van der Waals surface area contributed by atoms with Crippen LogP contribution < -0.4 is 15.2 Å². The average Bonchev–Trinajstić information content (AvgIpc) is 2.95. The highest BCUT2D eigenvalue weighted by atomic mass is 79.9. The normalized spacial score (nSPS) is 15.7. The van der Waals surface area contributed by atoms with Crippen molar-refractivity contribution >= 4 is 26.7 Å². The van der Waals surface area contributed by atoms with Gasteiger partial charge in [0.2, 0.25) is 6.79 Å². The Morgan fingerprint density at radius 1 is 1.14 bits per heavy atom. The molecule has 1 aliphatic heterocycles. The Bertz CT molecular complexity index is 675. The van der Waals surface area contributed by atoms with E-state index in [0.29, 0.717) is 11.5 Å². The molecule has 0 spiro atoms. The second kappa shape index (κ2) is 6.17. The smallest absolute Gasteiger partial charge is 0.231 e. The van der Waals surface area contributed by atoms with Gasteiger partial charge in [0.1, 0.15) is 0 Å². The summed E-state index contributed by atoms with van der Waals surface area (Å²) in [5, 5.41) is 0. The van der Waals surface area contributed by atoms with E-state index in [1.807, 2.05) is 42.5 Å². The van der Waals surface area contributed by atoms with E-state index < -0.39 is 10.8 Å². The quantitative estimate of drug-likeness (QED) is 0.902. The van der Waals surface area contributed by atoms with Gasteiger partial charge in [0.25, 0.3) is 0 Å². The molecule has 2 aromatic rings. The third-order valence-electron chi connectivity index (χ3n) is 3.23. The highest BCUT2D eigenvalue weighted by Crippen LogP contribution is 2.34. The van der Waals surface area contributed by atoms with Gasteiger partial charge in [-0.1, -0.05) is 22.0 Å². The highest BCUT2D eigenvalue weighted by molar-refractivity contribution is 9.10. The molecular weight excluding hydrogens is 354 g/mol. The van der Waals surface area contributed by atoms with Crippen LogP contribution in [0.1, 0.15) is 11.6 Å². The molecule has 0 saturated heterocycles. The Balaban J connectivity index is 1.72. The number of nitrogens with two attached hydrogens (primary N) is 1. The Kier molecular flexibility index (Phi) is 4.28. The van der Waals surface area contributed by atoms with Gasteiger partial charge in [0, 0.05) is 21.2 Å². The van der Waals surface area contributed by atoms with Crippen molar-refractivity contribution in [2.45, 2.75) is 10.9 Å². The summed E-state index contributed by atoms with van der Waals surface area (Å²) >= 11 is 3.36. The maximum atomic E-state index is 12.3. The van der Waals surface area contributed by atoms with Gasteiger partial charge in [-0.05, 0) is 42.0 Å². The molecule has 2 N–H and O–H groups in total. The van der Waals surface area contributed by atoms with Crippen molar-refractivity contribution in [3.05, 3.63) is 52.5 Å². The minimum atomic E-state index is -1.14. The first-order chi connectivity index (χ1) is 10.1. The number of fused-ring (bicyclic) bond motifs is 1. The van der Waals surface area contributed by atoms with Gasteiger partial charge in [-0.25, -0.2) is 0 Å². The van der Waals surface area contributed by atoms with Crippen LogP contribution in [0.2, 0.25) is 0 Å². The fraction of sp³-hybridized carbons (Fsp3) is 0.200. The molecule has 1 heterocycles. The van der Waals surface area contributed by atoms with Crippen molar-refractivity contribution in [3.63, 3.8) is 0 Å². The molecule has 110 valence electrons. The van der Waals surface area contributed by atoms with Crippen LogP contribution in [0.5, 0.6) is 11.5 Å². The predicted molar refractivity (Wildman–Crippen MR) is 84.9 cm³/mol. The fourth-order valence-electron chi connectivity index (χ4n) is 2.09. The van der Waals surface area contributed by atoms with E-state index in [9.17, 15) is 4.21 Å².